The van der Waals surface area contributed by atoms with Crippen LogP contribution in [-0.2, 0) is 4.79 Å². The van der Waals surface area contributed by atoms with E-state index in [0.717, 1.165) is 0 Å². The van der Waals surface area contributed by atoms with Gasteiger partial charge in [0.2, 0.25) is 5.91 Å². The molecule has 0 bridgehead atoms. The second-order valence-electron chi connectivity index (χ2n) is 4.19. The molecule has 1 saturated heterocycles. The Hall–Kier alpha value is -2.04. The smallest absolute Gasteiger partial charge is 0.253 e. The van der Waals surface area contributed by atoms with Crippen molar-refractivity contribution >= 4 is 11.8 Å². The summed E-state index contributed by atoms with van der Waals surface area (Å²) in [6.45, 7) is 0.933. The number of primary amides is 1. The van der Waals surface area contributed by atoms with Crippen molar-refractivity contribution in [1.29, 1.82) is 0 Å². The average molecular weight is 234 g/mol. The first kappa shape index (κ1) is 11.4. The van der Waals surface area contributed by atoms with Gasteiger partial charge in [0.15, 0.2) is 0 Å². The highest BCUT2D eigenvalue weighted by molar-refractivity contribution is 5.95. The molecular weight excluding hydrogens is 220 g/mol. The first-order chi connectivity index (χ1) is 8.08. The fraction of sp³-hybridized carbons (Fsp3) is 0.333. The van der Waals surface area contributed by atoms with Crippen LogP contribution in [0.4, 0.5) is 0 Å². The van der Waals surface area contributed by atoms with Gasteiger partial charge in [-0.05, 0) is 30.7 Å². The second kappa shape index (κ2) is 4.45. The highest BCUT2D eigenvalue weighted by Crippen LogP contribution is 2.19. The van der Waals surface area contributed by atoms with E-state index < -0.39 is 0 Å². The lowest BCUT2D eigenvalue weighted by Gasteiger charge is -2.15. The zero-order valence-corrected chi connectivity index (χ0v) is 9.30. The van der Waals surface area contributed by atoms with Gasteiger partial charge in [-0.15, -0.1) is 0 Å². The van der Waals surface area contributed by atoms with E-state index in [0.29, 0.717) is 25.1 Å². The van der Waals surface area contributed by atoms with Gasteiger partial charge in [0.25, 0.3) is 5.91 Å². The summed E-state index contributed by atoms with van der Waals surface area (Å²) >= 11 is 0. The Balaban J connectivity index is 2.07. The van der Waals surface area contributed by atoms with Crippen LogP contribution in [0.3, 0.4) is 0 Å². The molecule has 90 valence electrons. The van der Waals surface area contributed by atoms with Crippen molar-refractivity contribution in [2.75, 3.05) is 13.1 Å². The molecule has 17 heavy (non-hydrogen) atoms. The first-order valence-electron chi connectivity index (χ1n) is 5.45. The van der Waals surface area contributed by atoms with Gasteiger partial charge < -0.3 is 15.7 Å². The van der Waals surface area contributed by atoms with Crippen LogP contribution in [0.1, 0.15) is 16.8 Å². The zero-order chi connectivity index (χ0) is 12.4. The van der Waals surface area contributed by atoms with E-state index in [4.69, 9.17) is 10.8 Å². The molecule has 0 spiro atoms. The number of carbonyl (C=O) groups is 2. The van der Waals surface area contributed by atoms with E-state index in [2.05, 4.69) is 0 Å². The second-order valence-corrected chi connectivity index (χ2v) is 4.19. The number of phenolic OH excluding ortho intramolecular Hbond substituents is 1. The Morgan fingerprint density at radius 1 is 1.29 bits per heavy atom. The molecule has 2 rings (SSSR count). The van der Waals surface area contributed by atoms with Crippen LogP contribution in [0.5, 0.6) is 5.75 Å². The molecule has 0 aliphatic carbocycles. The number of carbonyl (C=O) groups excluding carboxylic acids is 2. The number of nitrogens with zero attached hydrogens (tertiary/aromatic N) is 1. The van der Waals surface area contributed by atoms with Gasteiger partial charge in [0.1, 0.15) is 5.75 Å². The van der Waals surface area contributed by atoms with E-state index in [-0.39, 0.29) is 23.5 Å². The Bertz CT molecular complexity index is 442. The molecule has 0 aromatic heterocycles. The van der Waals surface area contributed by atoms with Gasteiger partial charge in [0.05, 0.1) is 5.92 Å². The molecule has 1 heterocycles. The topological polar surface area (TPSA) is 83.6 Å². The number of amides is 2. The van der Waals surface area contributed by atoms with Crippen molar-refractivity contribution in [2.45, 2.75) is 6.42 Å². The molecule has 0 radical (unpaired) electrons. The van der Waals surface area contributed by atoms with Gasteiger partial charge in [-0.3, -0.25) is 9.59 Å². The number of nitrogens with two attached hydrogens (primary N) is 1. The molecular formula is C12H14N2O3. The SMILES string of the molecule is NC(=O)C1CCN(C(=O)c2ccc(O)cc2)C1. The first-order valence-corrected chi connectivity index (χ1v) is 5.45. The van der Waals surface area contributed by atoms with E-state index >= 15 is 0 Å². The van der Waals surface area contributed by atoms with Crippen LogP contribution in [0.2, 0.25) is 0 Å². The predicted molar refractivity (Wildman–Crippen MR) is 61.3 cm³/mol. The van der Waals surface area contributed by atoms with Gasteiger partial charge in [-0.2, -0.15) is 0 Å². The lowest BCUT2D eigenvalue weighted by atomic mass is 10.1. The normalized spacial score (nSPS) is 19.3. The minimum absolute atomic E-state index is 0.123. The molecule has 5 nitrogen and oxygen atoms in total. The summed E-state index contributed by atoms with van der Waals surface area (Å²) < 4.78 is 0. The van der Waals surface area contributed by atoms with Gasteiger partial charge in [-0.1, -0.05) is 0 Å². The Morgan fingerprint density at radius 3 is 2.47 bits per heavy atom. The molecule has 1 fully saturated rings. The third-order valence-electron chi connectivity index (χ3n) is 2.99. The Kier molecular flexibility index (Phi) is 2.99. The van der Waals surface area contributed by atoms with E-state index in [1.165, 1.54) is 12.1 Å². The zero-order valence-electron chi connectivity index (χ0n) is 9.30. The standard InChI is InChI=1S/C12H14N2O3/c13-11(16)9-5-6-14(7-9)12(17)8-1-3-10(15)4-2-8/h1-4,9,15H,5-7H2,(H2,13,16). The number of aromatic hydroxyl groups is 1. The van der Waals surface area contributed by atoms with Crippen molar-refractivity contribution in [3.05, 3.63) is 29.8 Å². The van der Waals surface area contributed by atoms with Crippen molar-refractivity contribution in [1.82, 2.24) is 4.90 Å². The molecule has 0 saturated carbocycles. The monoisotopic (exact) mass is 234 g/mol. The van der Waals surface area contributed by atoms with E-state index in [9.17, 15) is 9.59 Å². The molecule has 1 aromatic carbocycles. The molecule has 5 heteroatoms. The Morgan fingerprint density at radius 2 is 1.94 bits per heavy atom. The van der Waals surface area contributed by atoms with E-state index in [1.54, 1.807) is 17.0 Å². The summed E-state index contributed by atoms with van der Waals surface area (Å²) in [5.74, 6) is -0.603. The molecule has 2 amide bonds. The molecule has 1 aliphatic rings. The lowest BCUT2D eigenvalue weighted by Crippen LogP contribution is -2.31. The van der Waals surface area contributed by atoms with Crippen LogP contribution in [0.25, 0.3) is 0 Å². The molecule has 1 aliphatic heterocycles. The summed E-state index contributed by atoms with van der Waals surface area (Å²) in [5.41, 5.74) is 5.72. The predicted octanol–water partition coefficient (Wildman–Crippen LogP) is 0.340. The average Bonchev–Trinajstić information content (AvgIpc) is 2.78. The summed E-state index contributed by atoms with van der Waals surface area (Å²) in [4.78, 5) is 24.6. The van der Waals surface area contributed by atoms with Gasteiger partial charge in [-0.25, -0.2) is 0 Å². The van der Waals surface area contributed by atoms with Crippen LogP contribution in [0.15, 0.2) is 24.3 Å². The fourth-order valence-electron chi connectivity index (χ4n) is 1.96. The summed E-state index contributed by atoms with van der Waals surface area (Å²) in [6, 6.07) is 6.06. The molecule has 1 unspecified atom stereocenters. The number of benzene rings is 1. The van der Waals surface area contributed by atoms with Gasteiger partial charge in [0, 0.05) is 18.7 Å². The van der Waals surface area contributed by atoms with Crippen molar-refractivity contribution in [3.63, 3.8) is 0 Å². The maximum absolute atomic E-state index is 12.0. The lowest BCUT2D eigenvalue weighted by molar-refractivity contribution is -0.121. The summed E-state index contributed by atoms with van der Waals surface area (Å²) in [5, 5.41) is 9.13. The van der Waals surface area contributed by atoms with Crippen LogP contribution in [-0.4, -0.2) is 34.9 Å². The van der Waals surface area contributed by atoms with Crippen molar-refractivity contribution in [3.8, 4) is 5.75 Å². The number of rotatable bonds is 2. The largest absolute Gasteiger partial charge is 0.508 e. The summed E-state index contributed by atoms with van der Waals surface area (Å²) in [7, 11) is 0. The number of hydrogen-bond donors (Lipinski definition) is 2. The van der Waals surface area contributed by atoms with Crippen LogP contribution >= 0.6 is 0 Å². The van der Waals surface area contributed by atoms with Crippen molar-refractivity contribution in [2.24, 2.45) is 11.7 Å². The maximum Gasteiger partial charge on any atom is 0.253 e. The molecule has 1 atom stereocenters. The van der Waals surface area contributed by atoms with Gasteiger partial charge >= 0.3 is 0 Å². The summed E-state index contributed by atoms with van der Waals surface area (Å²) in [6.07, 6.45) is 0.624. The quantitative estimate of drug-likeness (QED) is 0.774. The number of phenols is 1. The van der Waals surface area contributed by atoms with Crippen molar-refractivity contribution < 1.29 is 14.7 Å². The highest BCUT2D eigenvalue weighted by atomic mass is 16.3. The fourth-order valence-corrected chi connectivity index (χ4v) is 1.96. The number of hydrogen-bond acceptors (Lipinski definition) is 3. The third-order valence-corrected chi connectivity index (χ3v) is 2.99. The van der Waals surface area contributed by atoms with Crippen LogP contribution in [0, 0.1) is 5.92 Å². The highest BCUT2D eigenvalue weighted by Gasteiger charge is 2.29. The Labute approximate surface area is 98.8 Å². The minimum atomic E-state index is -0.356. The number of likely N-dealkylation sites (tertiary alicyclic amines) is 1. The molecule has 3 N–H and O–H groups in total. The minimum Gasteiger partial charge on any atom is -0.508 e. The maximum atomic E-state index is 12.0. The van der Waals surface area contributed by atoms with Crippen LogP contribution < -0.4 is 5.73 Å². The third kappa shape index (κ3) is 2.38. The van der Waals surface area contributed by atoms with E-state index in [1.807, 2.05) is 0 Å². The molecule has 1 aromatic rings.